The number of alkyl halides is 3. The molecule has 0 aromatic heterocycles. The van der Waals surface area contributed by atoms with Gasteiger partial charge in [-0.2, -0.15) is 13.2 Å². The van der Waals surface area contributed by atoms with E-state index in [9.17, 15) is 22.8 Å². The molecule has 5 nitrogen and oxygen atoms in total. The summed E-state index contributed by atoms with van der Waals surface area (Å²) in [5.74, 6) is 1.16. The van der Waals surface area contributed by atoms with Gasteiger partial charge < -0.3 is 9.80 Å². The Bertz CT molecular complexity index is 749. The maximum Gasteiger partial charge on any atom is 0.416 e. The molecular formula is C21H28F3N3O2S. The van der Waals surface area contributed by atoms with E-state index in [0.29, 0.717) is 44.4 Å². The standard InChI is InChI=1S/C21H28F3N3O2S/c1-3-15(2)19(28)27-14-30-13-18(27)20(29)26-10-8-25(9-11-26)12-16-4-6-17(7-5-16)21(22,23)24/h4-7,15,18H,3,8-14H2,1-2H3. The van der Waals surface area contributed by atoms with Crippen LogP contribution in [0.15, 0.2) is 24.3 Å². The molecule has 0 spiro atoms. The van der Waals surface area contributed by atoms with Gasteiger partial charge in [0.2, 0.25) is 11.8 Å². The first kappa shape index (κ1) is 22.9. The number of benzene rings is 1. The maximum absolute atomic E-state index is 13.0. The molecule has 2 unspecified atom stereocenters. The van der Waals surface area contributed by atoms with Gasteiger partial charge in [0.1, 0.15) is 6.04 Å². The van der Waals surface area contributed by atoms with E-state index in [0.717, 1.165) is 24.1 Å². The van der Waals surface area contributed by atoms with E-state index in [-0.39, 0.29) is 17.7 Å². The lowest BCUT2D eigenvalue weighted by Gasteiger charge is -2.37. The Labute approximate surface area is 179 Å². The number of piperazine rings is 1. The van der Waals surface area contributed by atoms with Gasteiger partial charge in [-0.25, -0.2) is 0 Å². The Kier molecular flexibility index (Phi) is 7.34. The third kappa shape index (κ3) is 5.29. The molecule has 3 rings (SSSR count). The van der Waals surface area contributed by atoms with Gasteiger partial charge in [0.15, 0.2) is 0 Å². The molecule has 1 aromatic rings. The summed E-state index contributed by atoms with van der Waals surface area (Å²) >= 11 is 1.61. The van der Waals surface area contributed by atoms with Crippen molar-refractivity contribution in [1.82, 2.24) is 14.7 Å². The predicted octanol–water partition coefficient (Wildman–Crippen LogP) is 3.30. The largest absolute Gasteiger partial charge is 0.416 e. The fourth-order valence-corrected chi connectivity index (χ4v) is 4.87. The summed E-state index contributed by atoms with van der Waals surface area (Å²) in [4.78, 5) is 31.3. The molecule has 2 fully saturated rings. The summed E-state index contributed by atoms with van der Waals surface area (Å²) in [5.41, 5.74) is 0.174. The molecule has 0 N–H and O–H groups in total. The molecule has 2 amide bonds. The maximum atomic E-state index is 13.0. The molecule has 0 bridgehead atoms. The number of hydrogen-bond donors (Lipinski definition) is 0. The molecule has 2 saturated heterocycles. The van der Waals surface area contributed by atoms with Gasteiger partial charge in [0.25, 0.3) is 0 Å². The van der Waals surface area contributed by atoms with Crippen molar-refractivity contribution >= 4 is 23.6 Å². The number of hydrogen-bond acceptors (Lipinski definition) is 4. The zero-order valence-electron chi connectivity index (χ0n) is 17.3. The molecule has 2 heterocycles. The first-order chi connectivity index (χ1) is 14.2. The van der Waals surface area contributed by atoms with Crippen molar-refractivity contribution < 1.29 is 22.8 Å². The highest BCUT2D eigenvalue weighted by molar-refractivity contribution is 7.99. The number of amides is 2. The van der Waals surface area contributed by atoms with Gasteiger partial charge in [-0.15, -0.1) is 11.8 Å². The smallest absolute Gasteiger partial charge is 0.338 e. The summed E-state index contributed by atoms with van der Waals surface area (Å²) in [6.45, 7) is 6.86. The lowest BCUT2D eigenvalue weighted by molar-refractivity contribution is -0.146. The predicted molar refractivity (Wildman–Crippen MR) is 111 cm³/mol. The number of thioether (sulfide) groups is 1. The molecule has 0 radical (unpaired) electrons. The van der Waals surface area contributed by atoms with Crippen LogP contribution in [-0.2, 0) is 22.3 Å². The van der Waals surface area contributed by atoms with Gasteiger partial charge in [0.05, 0.1) is 11.4 Å². The van der Waals surface area contributed by atoms with E-state index in [1.54, 1.807) is 16.7 Å². The highest BCUT2D eigenvalue weighted by Crippen LogP contribution is 2.29. The molecule has 2 atom stereocenters. The quantitative estimate of drug-likeness (QED) is 0.701. The zero-order chi connectivity index (χ0) is 21.9. The zero-order valence-corrected chi connectivity index (χ0v) is 18.1. The third-order valence-electron chi connectivity index (χ3n) is 5.86. The second kappa shape index (κ2) is 9.60. The van der Waals surface area contributed by atoms with Crippen molar-refractivity contribution in [1.29, 1.82) is 0 Å². The Morgan fingerprint density at radius 1 is 1.13 bits per heavy atom. The van der Waals surface area contributed by atoms with Crippen LogP contribution in [-0.4, -0.2) is 70.4 Å². The molecule has 166 valence electrons. The third-order valence-corrected chi connectivity index (χ3v) is 6.87. The molecule has 2 aliphatic heterocycles. The van der Waals surface area contributed by atoms with Crippen LogP contribution in [0.25, 0.3) is 0 Å². The number of halogens is 3. The summed E-state index contributed by atoms with van der Waals surface area (Å²) in [5, 5.41) is 0. The van der Waals surface area contributed by atoms with E-state index >= 15 is 0 Å². The minimum Gasteiger partial charge on any atom is -0.338 e. The minimum absolute atomic E-state index is 0.00540. The molecule has 9 heteroatoms. The number of nitrogens with zero attached hydrogens (tertiary/aromatic N) is 3. The van der Waals surface area contributed by atoms with Gasteiger partial charge in [-0.05, 0) is 24.1 Å². The SMILES string of the molecule is CCC(C)C(=O)N1CSCC1C(=O)N1CCN(Cc2ccc(C(F)(F)F)cc2)CC1. The van der Waals surface area contributed by atoms with E-state index in [1.807, 2.05) is 18.7 Å². The lowest BCUT2D eigenvalue weighted by Crippen LogP contribution is -2.55. The Morgan fingerprint density at radius 2 is 1.77 bits per heavy atom. The molecule has 0 saturated carbocycles. The summed E-state index contributed by atoms with van der Waals surface area (Å²) < 4.78 is 38.1. The average molecular weight is 444 g/mol. The first-order valence-electron chi connectivity index (χ1n) is 10.3. The monoisotopic (exact) mass is 443 g/mol. The van der Waals surface area contributed by atoms with Crippen molar-refractivity contribution in [3.8, 4) is 0 Å². The van der Waals surface area contributed by atoms with Crippen LogP contribution in [0.1, 0.15) is 31.4 Å². The van der Waals surface area contributed by atoms with Crippen LogP contribution in [0.5, 0.6) is 0 Å². The van der Waals surface area contributed by atoms with Crippen LogP contribution < -0.4 is 0 Å². The van der Waals surface area contributed by atoms with Crippen LogP contribution in [0.3, 0.4) is 0 Å². The van der Waals surface area contributed by atoms with Crippen molar-refractivity contribution in [2.75, 3.05) is 37.8 Å². The second-order valence-corrected chi connectivity index (χ2v) is 8.93. The first-order valence-corrected chi connectivity index (χ1v) is 11.4. The second-order valence-electron chi connectivity index (χ2n) is 7.93. The topological polar surface area (TPSA) is 43.9 Å². The van der Waals surface area contributed by atoms with Crippen LogP contribution in [0.2, 0.25) is 0 Å². The van der Waals surface area contributed by atoms with Crippen molar-refractivity contribution in [3.05, 3.63) is 35.4 Å². The van der Waals surface area contributed by atoms with Crippen molar-refractivity contribution in [3.63, 3.8) is 0 Å². The van der Waals surface area contributed by atoms with Gasteiger partial charge in [0, 0.05) is 44.4 Å². The summed E-state index contributed by atoms with van der Waals surface area (Å²) in [6.07, 6.45) is -3.57. The molecule has 1 aromatic carbocycles. The van der Waals surface area contributed by atoms with Crippen LogP contribution in [0, 0.1) is 5.92 Å². The number of carbonyl (C=O) groups excluding carboxylic acids is 2. The van der Waals surface area contributed by atoms with E-state index in [4.69, 9.17) is 0 Å². The van der Waals surface area contributed by atoms with Gasteiger partial charge in [-0.1, -0.05) is 26.0 Å². The molecule has 2 aliphatic rings. The molecule has 0 aliphatic carbocycles. The van der Waals surface area contributed by atoms with Gasteiger partial charge >= 0.3 is 6.18 Å². The fraction of sp³-hybridized carbons (Fsp3) is 0.619. The molecule has 30 heavy (non-hydrogen) atoms. The van der Waals surface area contributed by atoms with Crippen molar-refractivity contribution in [2.24, 2.45) is 5.92 Å². The lowest BCUT2D eigenvalue weighted by atomic mass is 10.1. The highest BCUT2D eigenvalue weighted by Gasteiger charge is 2.38. The van der Waals surface area contributed by atoms with E-state index in [1.165, 1.54) is 12.1 Å². The average Bonchev–Trinajstić information content (AvgIpc) is 3.22. The Hall–Kier alpha value is -1.74. The summed E-state index contributed by atoms with van der Waals surface area (Å²) in [6, 6.07) is 4.84. The van der Waals surface area contributed by atoms with Gasteiger partial charge in [-0.3, -0.25) is 14.5 Å². The summed E-state index contributed by atoms with van der Waals surface area (Å²) in [7, 11) is 0. The van der Waals surface area contributed by atoms with Crippen LogP contribution >= 0.6 is 11.8 Å². The fourth-order valence-electron chi connectivity index (χ4n) is 3.72. The number of rotatable bonds is 5. The Balaban J connectivity index is 1.52. The van der Waals surface area contributed by atoms with E-state index < -0.39 is 17.8 Å². The normalized spacial score (nSPS) is 21.7. The Morgan fingerprint density at radius 3 is 2.33 bits per heavy atom. The minimum atomic E-state index is -4.33. The molecular weight excluding hydrogens is 415 g/mol. The van der Waals surface area contributed by atoms with Crippen LogP contribution in [0.4, 0.5) is 13.2 Å². The highest BCUT2D eigenvalue weighted by atomic mass is 32.2. The van der Waals surface area contributed by atoms with Crippen molar-refractivity contribution in [2.45, 2.75) is 39.0 Å². The van der Waals surface area contributed by atoms with E-state index in [2.05, 4.69) is 4.90 Å². The number of carbonyl (C=O) groups is 2.